The van der Waals surface area contributed by atoms with Gasteiger partial charge < -0.3 is 5.32 Å². The first-order valence-electron chi connectivity index (χ1n) is 7.94. The van der Waals surface area contributed by atoms with Crippen molar-refractivity contribution in [3.8, 4) is 11.5 Å². The van der Waals surface area contributed by atoms with Gasteiger partial charge >= 0.3 is 0 Å². The van der Waals surface area contributed by atoms with E-state index in [1.54, 1.807) is 12.1 Å². The summed E-state index contributed by atoms with van der Waals surface area (Å²) in [5.74, 6) is 3.24. The predicted molar refractivity (Wildman–Crippen MR) is 106 cm³/mol. The number of halogens is 1. The Morgan fingerprint density at radius 1 is 1.12 bits per heavy atom. The molecule has 0 aliphatic carbocycles. The van der Waals surface area contributed by atoms with Gasteiger partial charge in [0.1, 0.15) is 8.07 Å². The highest BCUT2D eigenvalue weighted by Crippen LogP contribution is 2.16. The minimum atomic E-state index is -1.43. The van der Waals surface area contributed by atoms with Crippen LogP contribution in [-0.4, -0.2) is 19.9 Å². The molecule has 2 aromatic carbocycles. The van der Waals surface area contributed by atoms with Gasteiger partial charge in [-0.15, -0.1) is 5.54 Å². The third kappa shape index (κ3) is 5.56. The summed E-state index contributed by atoms with van der Waals surface area (Å²) in [4.78, 5) is 12.6. The van der Waals surface area contributed by atoms with Crippen molar-refractivity contribution in [2.45, 2.75) is 32.6 Å². The summed E-state index contributed by atoms with van der Waals surface area (Å²) in [7, 11) is -1.43. The summed E-state index contributed by atoms with van der Waals surface area (Å²) in [6, 6.07) is 14.5. The Bertz CT molecular complexity index is 782. The van der Waals surface area contributed by atoms with Crippen LogP contribution in [0.4, 0.5) is 5.69 Å². The molecular formula is C20H22ClNOSi. The lowest BCUT2D eigenvalue weighted by atomic mass is 10.0. The molecule has 2 rings (SSSR count). The number of hydrogen-bond donors (Lipinski definition) is 1. The molecule has 124 valence electrons. The highest BCUT2D eigenvalue weighted by Gasteiger charge is 2.15. The van der Waals surface area contributed by atoms with E-state index in [0.29, 0.717) is 10.6 Å². The summed E-state index contributed by atoms with van der Waals surface area (Å²) >= 11 is 5.88. The first-order chi connectivity index (χ1) is 11.2. The summed E-state index contributed by atoms with van der Waals surface area (Å²) in [6.07, 6.45) is 0. The van der Waals surface area contributed by atoms with Crippen LogP contribution < -0.4 is 5.32 Å². The standard InChI is InChI=1S/C20H22ClNOSi/c1-15(22-19-10-8-18(21)9-11-19)20(23)17-7-5-6-16(14-17)12-13-24(2,3)4/h5-11,14-15,22H,1-4H3. The van der Waals surface area contributed by atoms with Crippen LogP contribution in [0.3, 0.4) is 0 Å². The van der Waals surface area contributed by atoms with E-state index in [0.717, 1.165) is 11.3 Å². The molecule has 2 aromatic rings. The average Bonchev–Trinajstić information content (AvgIpc) is 2.54. The summed E-state index contributed by atoms with van der Waals surface area (Å²) in [6.45, 7) is 8.46. The molecule has 0 heterocycles. The Morgan fingerprint density at radius 2 is 1.79 bits per heavy atom. The van der Waals surface area contributed by atoms with Gasteiger partial charge in [0.25, 0.3) is 0 Å². The van der Waals surface area contributed by atoms with Crippen molar-refractivity contribution in [1.29, 1.82) is 0 Å². The van der Waals surface area contributed by atoms with Crippen molar-refractivity contribution < 1.29 is 4.79 Å². The summed E-state index contributed by atoms with van der Waals surface area (Å²) in [5.41, 5.74) is 5.76. The first-order valence-corrected chi connectivity index (χ1v) is 11.8. The molecular weight excluding hydrogens is 334 g/mol. The fourth-order valence-corrected chi connectivity index (χ4v) is 2.77. The maximum Gasteiger partial charge on any atom is 0.184 e. The van der Waals surface area contributed by atoms with Gasteiger partial charge in [-0.3, -0.25) is 4.79 Å². The van der Waals surface area contributed by atoms with Gasteiger partial charge in [-0.25, -0.2) is 0 Å². The van der Waals surface area contributed by atoms with Crippen molar-refractivity contribution in [2.75, 3.05) is 5.32 Å². The zero-order valence-electron chi connectivity index (χ0n) is 14.5. The lowest BCUT2D eigenvalue weighted by Crippen LogP contribution is -2.26. The van der Waals surface area contributed by atoms with E-state index in [-0.39, 0.29) is 11.8 Å². The van der Waals surface area contributed by atoms with E-state index in [1.807, 2.05) is 43.3 Å². The zero-order valence-corrected chi connectivity index (χ0v) is 16.2. The van der Waals surface area contributed by atoms with Crippen molar-refractivity contribution in [3.63, 3.8) is 0 Å². The van der Waals surface area contributed by atoms with Gasteiger partial charge in [-0.2, -0.15) is 0 Å². The van der Waals surface area contributed by atoms with Crippen molar-refractivity contribution >= 4 is 31.1 Å². The lowest BCUT2D eigenvalue weighted by Gasteiger charge is -2.14. The van der Waals surface area contributed by atoms with E-state index in [4.69, 9.17) is 11.6 Å². The average molecular weight is 356 g/mol. The normalized spacial score (nSPS) is 12.0. The number of Topliss-reactive ketones (excluding diaryl/α,β-unsaturated/α-hetero) is 1. The quantitative estimate of drug-likeness (QED) is 0.461. The van der Waals surface area contributed by atoms with Crippen LogP contribution in [0.25, 0.3) is 0 Å². The molecule has 0 amide bonds. The Labute approximate surface area is 150 Å². The minimum absolute atomic E-state index is 0.0432. The number of benzene rings is 2. The van der Waals surface area contributed by atoms with Crippen LogP contribution in [0, 0.1) is 11.5 Å². The number of carbonyl (C=O) groups excluding carboxylic acids is 1. The molecule has 1 unspecified atom stereocenters. The lowest BCUT2D eigenvalue weighted by molar-refractivity contribution is 0.0975. The number of nitrogens with one attached hydrogen (secondary N) is 1. The molecule has 0 aliphatic heterocycles. The molecule has 0 fully saturated rings. The molecule has 1 atom stereocenters. The second-order valence-electron chi connectivity index (χ2n) is 6.82. The number of ketones is 1. The maximum absolute atomic E-state index is 12.6. The van der Waals surface area contributed by atoms with Crippen LogP contribution in [0.15, 0.2) is 48.5 Å². The molecule has 0 bridgehead atoms. The Balaban J connectivity index is 2.13. The number of hydrogen-bond acceptors (Lipinski definition) is 2. The van der Waals surface area contributed by atoms with E-state index in [9.17, 15) is 4.79 Å². The van der Waals surface area contributed by atoms with Crippen molar-refractivity contribution in [3.05, 3.63) is 64.7 Å². The highest BCUT2D eigenvalue weighted by molar-refractivity contribution is 6.83. The molecule has 4 heteroatoms. The largest absolute Gasteiger partial charge is 0.375 e. The van der Waals surface area contributed by atoms with Crippen molar-refractivity contribution in [2.24, 2.45) is 0 Å². The Hall–Kier alpha value is -2.02. The van der Waals surface area contributed by atoms with Gasteiger partial charge in [0.05, 0.1) is 6.04 Å². The number of anilines is 1. The number of rotatable bonds is 4. The van der Waals surface area contributed by atoms with Crippen LogP contribution in [0.5, 0.6) is 0 Å². The monoisotopic (exact) mass is 355 g/mol. The van der Waals surface area contributed by atoms with E-state index < -0.39 is 8.07 Å². The molecule has 1 N–H and O–H groups in total. The van der Waals surface area contributed by atoms with E-state index in [1.165, 1.54) is 0 Å². The third-order valence-corrected chi connectivity index (χ3v) is 4.48. The summed E-state index contributed by atoms with van der Waals surface area (Å²) in [5, 5.41) is 3.88. The van der Waals surface area contributed by atoms with Crippen LogP contribution in [-0.2, 0) is 0 Å². The van der Waals surface area contributed by atoms with Gasteiger partial charge in [0, 0.05) is 21.8 Å². The molecule has 0 saturated carbocycles. The molecule has 24 heavy (non-hydrogen) atoms. The van der Waals surface area contributed by atoms with Crippen LogP contribution >= 0.6 is 11.6 Å². The van der Waals surface area contributed by atoms with Crippen LogP contribution in [0.2, 0.25) is 24.7 Å². The fourth-order valence-electron chi connectivity index (χ4n) is 2.12. The molecule has 0 spiro atoms. The van der Waals surface area contributed by atoms with Crippen LogP contribution in [0.1, 0.15) is 22.8 Å². The molecule has 0 radical (unpaired) electrons. The Morgan fingerprint density at radius 3 is 2.42 bits per heavy atom. The fraction of sp³-hybridized carbons (Fsp3) is 0.250. The highest BCUT2D eigenvalue weighted by atomic mass is 35.5. The van der Waals surface area contributed by atoms with Crippen molar-refractivity contribution in [1.82, 2.24) is 0 Å². The third-order valence-electron chi connectivity index (χ3n) is 3.35. The molecule has 0 aliphatic rings. The molecule has 0 aromatic heterocycles. The topological polar surface area (TPSA) is 29.1 Å². The van der Waals surface area contributed by atoms with Gasteiger partial charge in [0.2, 0.25) is 0 Å². The molecule has 2 nitrogen and oxygen atoms in total. The second kappa shape index (κ2) is 7.70. The zero-order chi connectivity index (χ0) is 17.7. The first kappa shape index (κ1) is 18.3. The molecule has 0 saturated heterocycles. The smallest absolute Gasteiger partial charge is 0.184 e. The van der Waals surface area contributed by atoms with E-state index in [2.05, 4.69) is 36.4 Å². The van der Waals surface area contributed by atoms with Gasteiger partial charge in [-0.1, -0.05) is 49.3 Å². The Kier molecular flexibility index (Phi) is 5.88. The maximum atomic E-state index is 12.6. The van der Waals surface area contributed by atoms with Gasteiger partial charge in [0.15, 0.2) is 5.78 Å². The number of carbonyl (C=O) groups is 1. The minimum Gasteiger partial charge on any atom is -0.375 e. The second-order valence-corrected chi connectivity index (χ2v) is 12.0. The SMILES string of the molecule is CC(Nc1ccc(Cl)cc1)C(=O)c1cccc(C#C[Si](C)(C)C)c1. The van der Waals surface area contributed by atoms with E-state index >= 15 is 0 Å². The predicted octanol–water partition coefficient (Wildman–Crippen LogP) is 5.25. The summed E-state index contributed by atoms with van der Waals surface area (Å²) < 4.78 is 0. The van der Waals surface area contributed by atoms with Gasteiger partial charge in [-0.05, 0) is 43.3 Å².